The molecule has 0 rings (SSSR count). The van der Waals surface area contributed by atoms with Gasteiger partial charge in [0.25, 0.3) is 6.73 Å². The average molecular weight is 76.1 g/mol. The van der Waals surface area contributed by atoms with Gasteiger partial charge in [0.05, 0.1) is 0 Å². The highest BCUT2D eigenvalue weighted by Crippen LogP contribution is 1.53. The number of aliphatic hydroxyl groups excluding tert-OH is 1. The molecule has 0 saturated heterocycles. The molecule has 0 fully saturated rings. The van der Waals surface area contributed by atoms with Crippen molar-refractivity contribution in [2.24, 2.45) is 0 Å². The average Bonchev–Trinajstić information content (AvgIpc) is 1.38. The van der Waals surface area contributed by atoms with Crippen LogP contribution in [0.1, 0.15) is 0 Å². The van der Waals surface area contributed by atoms with E-state index in [1.54, 1.807) is 0 Å². The predicted molar refractivity (Wildman–Crippen MR) is 13.4 cm³/mol. The van der Waals surface area contributed by atoms with Crippen LogP contribution in [0.5, 0.6) is 0 Å². The molecule has 0 aromatic heterocycles. The zero-order valence-electron chi connectivity index (χ0n) is 2.51. The Kier molecular flexibility index (Phi) is 1.45. The van der Waals surface area contributed by atoms with Crippen LogP contribution in [0.4, 0.5) is 0 Å². The highest BCUT2D eigenvalue weighted by molar-refractivity contribution is 3.85. The van der Waals surface area contributed by atoms with Gasteiger partial charge in [0.1, 0.15) is 0 Å². The van der Waals surface area contributed by atoms with Gasteiger partial charge in [-0.2, -0.15) is 0 Å². The summed E-state index contributed by atoms with van der Waals surface area (Å²) in [6, 6.07) is 0. The van der Waals surface area contributed by atoms with Crippen molar-refractivity contribution >= 4 is 0 Å². The van der Waals surface area contributed by atoms with Crippen LogP contribution in [-0.2, 0) is 0 Å². The molecular weight excluding hydrogens is 72.0 g/mol. The van der Waals surface area contributed by atoms with E-state index in [4.69, 9.17) is 15.8 Å². The molecule has 0 heterocycles. The molecule has 4 heteroatoms. The molecule has 4 nitrogen and oxygen atoms in total. The smallest absolute Gasteiger partial charge is 0.281 e. The van der Waals surface area contributed by atoms with E-state index in [0.717, 1.165) is 0 Å². The fourth-order valence-corrected chi connectivity index (χ4v) is 0. The van der Waals surface area contributed by atoms with Crippen molar-refractivity contribution in [1.29, 1.82) is 5.53 Å². The molecule has 0 aromatic carbocycles. The number of nitrogens with zero attached hydrogens (tertiary/aromatic N) is 1. The summed E-state index contributed by atoms with van der Waals surface area (Å²) in [5, 5.41) is 16.7. The first-order valence-electron chi connectivity index (χ1n) is 1.04. The van der Waals surface area contributed by atoms with Crippen LogP contribution in [0.2, 0.25) is 0 Å². The summed E-state index contributed by atoms with van der Waals surface area (Å²) in [5.74, 6) is 0. The van der Waals surface area contributed by atoms with Gasteiger partial charge in [-0.05, 0) is 5.53 Å². The number of hydrogen-bond acceptors (Lipinski definition) is 3. The minimum Gasteiger partial charge on any atom is -0.598 e. The van der Waals surface area contributed by atoms with Gasteiger partial charge < -0.3 is 10.3 Å². The van der Waals surface area contributed by atoms with Gasteiger partial charge >= 0.3 is 0 Å². The van der Waals surface area contributed by atoms with Gasteiger partial charge in [0.15, 0.2) is 0 Å². The fraction of sp³-hybridized carbons (Fsp3) is 1.00. The summed E-state index contributed by atoms with van der Waals surface area (Å²) < 4.78 is 0. The minimum absolute atomic E-state index is 0.319. The van der Waals surface area contributed by atoms with E-state index in [0.29, 0.717) is 0 Å². The lowest BCUT2D eigenvalue weighted by atomic mass is 11.4. The molecule has 0 spiro atoms. The van der Waals surface area contributed by atoms with Gasteiger partial charge in [0, 0.05) is 0 Å². The Bertz CT molecular complexity index is 42.9. The molecule has 0 aliphatic carbocycles. The lowest BCUT2D eigenvalue weighted by Gasteiger charge is -1.84. The zero-order chi connectivity index (χ0) is 4.28. The van der Waals surface area contributed by atoms with Gasteiger partial charge in [-0.1, -0.05) is 4.86 Å². The Morgan fingerprint density at radius 3 is 2.20 bits per heavy atom. The molecule has 30 valence electrons. The van der Waals surface area contributed by atoms with E-state index in [1.807, 2.05) is 0 Å². The third kappa shape index (κ3) is 3.36. The largest absolute Gasteiger partial charge is 0.598 e. The second kappa shape index (κ2) is 1.66. The van der Waals surface area contributed by atoms with Crippen molar-refractivity contribution in [3.8, 4) is 0 Å². The number of rotatable bonds is 1. The van der Waals surface area contributed by atoms with Crippen LogP contribution >= 0.6 is 0 Å². The normalized spacial score (nSPS) is 7.40. The molecule has 0 saturated carbocycles. The monoisotopic (exact) mass is 76.0 g/mol. The Morgan fingerprint density at radius 1 is 2.00 bits per heavy atom. The summed E-state index contributed by atoms with van der Waals surface area (Å²) in [6.07, 6.45) is 0. The molecular formula is CH4N2O2. The van der Waals surface area contributed by atoms with Gasteiger partial charge in [-0.15, -0.1) is 0 Å². The van der Waals surface area contributed by atoms with E-state index >= 15 is 0 Å². The van der Waals surface area contributed by atoms with E-state index in [-0.39, 0.29) is 4.86 Å². The number of nitrogens with one attached hydrogen (secondary N) is 1. The second-order valence-corrected chi connectivity index (χ2v) is 0.520. The van der Waals surface area contributed by atoms with Gasteiger partial charge in [0.2, 0.25) is 0 Å². The summed E-state index contributed by atoms with van der Waals surface area (Å²) in [5.41, 5.74) is 5.85. The molecule has 5 heavy (non-hydrogen) atoms. The van der Waals surface area contributed by atoms with Crippen molar-refractivity contribution in [2.45, 2.75) is 0 Å². The molecule has 0 unspecified atom stereocenters. The SMILES string of the molecule is N=[N+]([O-])CO. The first-order chi connectivity index (χ1) is 2.27. The van der Waals surface area contributed by atoms with Crippen LogP contribution in [0.3, 0.4) is 0 Å². The highest BCUT2D eigenvalue weighted by Gasteiger charge is 1.71. The predicted octanol–water partition coefficient (Wildman–Crippen LogP) is -0.523. The third-order valence-corrected chi connectivity index (χ3v) is 0.128. The molecule has 0 aliphatic heterocycles. The standard InChI is InChI=1S/CH4N2O2/c2-3(5)1-4/h2,4H,1H2. The molecule has 0 bridgehead atoms. The van der Waals surface area contributed by atoms with E-state index in [2.05, 4.69) is 0 Å². The molecule has 0 amide bonds. The molecule has 2 N–H and O–H groups in total. The van der Waals surface area contributed by atoms with E-state index in [1.165, 1.54) is 0 Å². The maximum Gasteiger partial charge on any atom is 0.281 e. The maximum atomic E-state index is 9.15. The van der Waals surface area contributed by atoms with Crippen LogP contribution in [0.15, 0.2) is 0 Å². The Labute approximate surface area is 28.7 Å². The number of aliphatic hydroxyl groups is 1. The Balaban J connectivity index is 2.85. The van der Waals surface area contributed by atoms with Crippen molar-refractivity contribution in [1.82, 2.24) is 0 Å². The first-order valence-corrected chi connectivity index (χ1v) is 1.04. The van der Waals surface area contributed by atoms with E-state index in [9.17, 15) is 0 Å². The third-order valence-electron chi connectivity index (χ3n) is 0.128. The van der Waals surface area contributed by atoms with Crippen molar-refractivity contribution in [2.75, 3.05) is 6.73 Å². The summed E-state index contributed by atoms with van der Waals surface area (Å²) in [7, 11) is 0. The topological polar surface area (TPSA) is 70.2 Å². The lowest BCUT2D eigenvalue weighted by Crippen LogP contribution is -1.95. The molecule has 0 aromatic rings. The lowest BCUT2D eigenvalue weighted by molar-refractivity contribution is -0.586. The number of hydroxylamine groups is 1. The Hall–Kier alpha value is -0.640. The van der Waals surface area contributed by atoms with Crippen LogP contribution in [0, 0.1) is 10.7 Å². The summed E-state index contributed by atoms with van der Waals surface area (Å²) in [4.78, 5) is -0.319. The van der Waals surface area contributed by atoms with Gasteiger partial charge in [-0.25, -0.2) is 0 Å². The van der Waals surface area contributed by atoms with E-state index < -0.39 is 6.73 Å². The first kappa shape index (κ1) is 4.36. The fourth-order valence-electron chi connectivity index (χ4n) is 0. The quantitative estimate of drug-likeness (QED) is 0.191. The van der Waals surface area contributed by atoms with Crippen LogP contribution in [0.25, 0.3) is 0 Å². The molecule has 0 atom stereocenters. The highest BCUT2D eigenvalue weighted by atomic mass is 16.5. The zero-order valence-corrected chi connectivity index (χ0v) is 2.51. The molecule has 0 radical (unpaired) electrons. The van der Waals surface area contributed by atoms with Crippen molar-refractivity contribution in [3.05, 3.63) is 5.21 Å². The number of hydrogen-bond donors (Lipinski definition) is 2. The van der Waals surface area contributed by atoms with Crippen LogP contribution < -0.4 is 0 Å². The molecule has 0 aliphatic rings. The second-order valence-electron chi connectivity index (χ2n) is 0.520. The van der Waals surface area contributed by atoms with Crippen molar-refractivity contribution < 1.29 is 9.97 Å². The summed E-state index contributed by atoms with van der Waals surface area (Å²) in [6.45, 7) is -0.750. The van der Waals surface area contributed by atoms with Crippen molar-refractivity contribution in [3.63, 3.8) is 0 Å². The minimum atomic E-state index is -0.750. The van der Waals surface area contributed by atoms with Gasteiger partial charge in [-0.3, -0.25) is 0 Å². The Morgan fingerprint density at radius 2 is 2.20 bits per heavy atom. The maximum absolute atomic E-state index is 9.15. The summed E-state index contributed by atoms with van der Waals surface area (Å²) >= 11 is 0. The van der Waals surface area contributed by atoms with Crippen LogP contribution in [-0.4, -0.2) is 16.7 Å².